The lowest BCUT2D eigenvalue weighted by atomic mass is 9.98. The third-order valence-corrected chi connectivity index (χ3v) is 3.62. The topological polar surface area (TPSA) is 38.0 Å². The number of hydrogen-bond donors (Lipinski definition) is 2. The number of aryl methyl sites for hydroxylation is 2. The molecule has 2 nitrogen and oxygen atoms in total. The summed E-state index contributed by atoms with van der Waals surface area (Å²) in [4.78, 5) is 1.39. The summed E-state index contributed by atoms with van der Waals surface area (Å²) in [5.41, 5.74) is 10.0. The Morgan fingerprint density at radius 2 is 2.29 bits per heavy atom. The van der Waals surface area contributed by atoms with Crippen LogP contribution in [0.5, 0.6) is 0 Å². The van der Waals surface area contributed by atoms with Crippen molar-refractivity contribution in [1.82, 2.24) is 5.32 Å². The molecule has 1 atom stereocenters. The van der Waals surface area contributed by atoms with Crippen LogP contribution in [-0.2, 0) is 0 Å². The first-order chi connectivity index (χ1) is 6.68. The molecule has 76 valence electrons. The van der Waals surface area contributed by atoms with E-state index in [1.807, 2.05) is 11.3 Å². The Morgan fingerprint density at radius 1 is 1.50 bits per heavy atom. The van der Waals surface area contributed by atoms with E-state index in [2.05, 4.69) is 30.6 Å². The summed E-state index contributed by atoms with van der Waals surface area (Å²) in [6.45, 7) is 6.19. The molecular weight excluding hydrogens is 192 g/mol. The quantitative estimate of drug-likeness (QED) is 0.737. The van der Waals surface area contributed by atoms with Gasteiger partial charge in [0.2, 0.25) is 0 Å². The largest absolute Gasteiger partial charge is 0.323 e. The monoisotopic (exact) mass is 208 g/mol. The van der Waals surface area contributed by atoms with Gasteiger partial charge in [0, 0.05) is 24.0 Å². The van der Waals surface area contributed by atoms with E-state index in [9.17, 15) is 0 Å². The molecule has 0 saturated heterocycles. The van der Waals surface area contributed by atoms with Crippen LogP contribution in [0.25, 0.3) is 5.57 Å². The SMILES string of the molecule is Cc1csc(C)c1C1=CC(N)CNC1. The number of nitrogens with two attached hydrogens (primary N) is 1. The van der Waals surface area contributed by atoms with Gasteiger partial charge in [-0.15, -0.1) is 11.3 Å². The molecule has 2 heterocycles. The third-order valence-electron chi connectivity index (χ3n) is 2.59. The Balaban J connectivity index is 2.39. The molecule has 0 fully saturated rings. The molecule has 3 N–H and O–H groups in total. The van der Waals surface area contributed by atoms with Crippen molar-refractivity contribution in [2.45, 2.75) is 19.9 Å². The first kappa shape index (κ1) is 9.90. The predicted octanol–water partition coefficient (Wildman–Crippen LogP) is 1.68. The van der Waals surface area contributed by atoms with E-state index in [4.69, 9.17) is 5.73 Å². The highest BCUT2D eigenvalue weighted by Gasteiger charge is 2.15. The Kier molecular flexibility index (Phi) is 2.72. The molecule has 2 rings (SSSR count). The molecule has 0 spiro atoms. The lowest BCUT2D eigenvalue weighted by molar-refractivity contribution is 0.662. The third kappa shape index (κ3) is 1.75. The number of hydrogen-bond acceptors (Lipinski definition) is 3. The summed E-state index contributed by atoms with van der Waals surface area (Å²) in [7, 11) is 0. The van der Waals surface area contributed by atoms with Crippen LogP contribution < -0.4 is 11.1 Å². The van der Waals surface area contributed by atoms with Crippen molar-refractivity contribution < 1.29 is 0 Å². The van der Waals surface area contributed by atoms with E-state index in [1.54, 1.807) is 0 Å². The van der Waals surface area contributed by atoms with E-state index >= 15 is 0 Å². The van der Waals surface area contributed by atoms with Gasteiger partial charge >= 0.3 is 0 Å². The van der Waals surface area contributed by atoms with Gasteiger partial charge in [0.1, 0.15) is 0 Å². The first-order valence-electron chi connectivity index (χ1n) is 4.90. The molecule has 0 aliphatic carbocycles. The molecule has 14 heavy (non-hydrogen) atoms. The van der Waals surface area contributed by atoms with Crippen molar-refractivity contribution in [1.29, 1.82) is 0 Å². The zero-order chi connectivity index (χ0) is 10.1. The van der Waals surface area contributed by atoms with Gasteiger partial charge in [-0.25, -0.2) is 0 Å². The van der Waals surface area contributed by atoms with Crippen molar-refractivity contribution >= 4 is 16.9 Å². The maximum absolute atomic E-state index is 5.90. The molecule has 0 saturated carbocycles. The second-order valence-corrected chi connectivity index (χ2v) is 4.92. The molecule has 1 unspecified atom stereocenters. The fourth-order valence-electron chi connectivity index (χ4n) is 1.97. The van der Waals surface area contributed by atoms with E-state index in [-0.39, 0.29) is 6.04 Å². The van der Waals surface area contributed by atoms with E-state index < -0.39 is 0 Å². The van der Waals surface area contributed by atoms with Crippen LogP contribution in [-0.4, -0.2) is 19.1 Å². The molecule has 3 heteroatoms. The second kappa shape index (κ2) is 3.85. The van der Waals surface area contributed by atoms with Crippen molar-refractivity contribution in [3.8, 4) is 0 Å². The van der Waals surface area contributed by atoms with Gasteiger partial charge in [-0.3, -0.25) is 0 Å². The minimum Gasteiger partial charge on any atom is -0.323 e. The van der Waals surface area contributed by atoms with Crippen molar-refractivity contribution in [3.05, 3.63) is 27.5 Å². The van der Waals surface area contributed by atoms with Crippen molar-refractivity contribution in [2.75, 3.05) is 13.1 Å². The van der Waals surface area contributed by atoms with Gasteiger partial charge in [0.05, 0.1) is 0 Å². The lowest BCUT2D eigenvalue weighted by Crippen LogP contribution is -2.37. The Bertz CT molecular complexity index is 346. The maximum Gasteiger partial charge on any atom is 0.0357 e. The smallest absolute Gasteiger partial charge is 0.0357 e. The van der Waals surface area contributed by atoms with Crippen LogP contribution in [0.2, 0.25) is 0 Å². The molecule has 0 aromatic carbocycles. The predicted molar refractivity (Wildman–Crippen MR) is 62.6 cm³/mol. The normalized spacial score (nSPS) is 22.2. The second-order valence-electron chi connectivity index (χ2n) is 3.84. The summed E-state index contributed by atoms with van der Waals surface area (Å²) in [6.07, 6.45) is 2.19. The zero-order valence-electron chi connectivity index (χ0n) is 8.63. The molecule has 0 bridgehead atoms. The average Bonchev–Trinajstić information content (AvgIpc) is 2.46. The fourth-order valence-corrected chi connectivity index (χ4v) is 2.85. The van der Waals surface area contributed by atoms with Crippen LogP contribution in [0, 0.1) is 13.8 Å². The maximum atomic E-state index is 5.90. The Hall–Kier alpha value is -0.640. The lowest BCUT2D eigenvalue weighted by Gasteiger charge is -2.20. The summed E-state index contributed by atoms with van der Waals surface area (Å²) in [5.74, 6) is 0. The molecule has 0 radical (unpaired) electrons. The summed E-state index contributed by atoms with van der Waals surface area (Å²) >= 11 is 1.82. The molecule has 1 aromatic rings. The summed E-state index contributed by atoms with van der Waals surface area (Å²) < 4.78 is 0. The summed E-state index contributed by atoms with van der Waals surface area (Å²) in [6, 6.07) is 0.164. The average molecular weight is 208 g/mol. The highest BCUT2D eigenvalue weighted by atomic mass is 32.1. The van der Waals surface area contributed by atoms with Gasteiger partial charge < -0.3 is 11.1 Å². The number of rotatable bonds is 1. The number of thiophene rings is 1. The van der Waals surface area contributed by atoms with Crippen LogP contribution in [0.15, 0.2) is 11.5 Å². The molecule has 1 aromatic heterocycles. The highest BCUT2D eigenvalue weighted by Crippen LogP contribution is 2.28. The van der Waals surface area contributed by atoms with E-state index in [0.29, 0.717) is 0 Å². The van der Waals surface area contributed by atoms with Crippen molar-refractivity contribution in [3.63, 3.8) is 0 Å². The van der Waals surface area contributed by atoms with Gasteiger partial charge in [-0.1, -0.05) is 6.08 Å². The van der Waals surface area contributed by atoms with Gasteiger partial charge in [0.25, 0.3) is 0 Å². The molecule has 1 aliphatic heterocycles. The Labute approximate surface area is 88.8 Å². The molecule has 1 aliphatic rings. The van der Waals surface area contributed by atoms with E-state index in [1.165, 1.54) is 21.6 Å². The zero-order valence-corrected chi connectivity index (χ0v) is 9.45. The molecular formula is C11H16N2S. The first-order valence-corrected chi connectivity index (χ1v) is 5.78. The van der Waals surface area contributed by atoms with E-state index in [0.717, 1.165) is 13.1 Å². The van der Waals surface area contributed by atoms with Gasteiger partial charge in [-0.2, -0.15) is 0 Å². The highest BCUT2D eigenvalue weighted by molar-refractivity contribution is 7.10. The minimum absolute atomic E-state index is 0.164. The van der Waals surface area contributed by atoms with Crippen LogP contribution in [0.1, 0.15) is 16.0 Å². The van der Waals surface area contributed by atoms with Gasteiger partial charge in [-0.05, 0) is 35.9 Å². The number of nitrogens with one attached hydrogen (secondary N) is 1. The van der Waals surface area contributed by atoms with Crippen LogP contribution in [0.4, 0.5) is 0 Å². The van der Waals surface area contributed by atoms with Gasteiger partial charge in [0.15, 0.2) is 0 Å². The Morgan fingerprint density at radius 3 is 2.86 bits per heavy atom. The van der Waals surface area contributed by atoms with Crippen molar-refractivity contribution in [2.24, 2.45) is 5.73 Å². The fraction of sp³-hybridized carbons (Fsp3) is 0.455. The van der Waals surface area contributed by atoms with Crippen LogP contribution in [0.3, 0.4) is 0 Å². The minimum atomic E-state index is 0.164. The standard InChI is InChI=1S/C11H16N2S/c1-7-6-14-8(2)11(7)9-3-10(12)5-13-4-9/h3,6,10,13H,4-5,12H2,1-2H3. The van der Waals surface area contributed by atoms with Crippen LogP contribution >= 0.6 is 11.3 Å². The molecule has 0 amide bonds. The summed E-state index contributed by atoms with van der Waals surface area (Å²) in [5, 5.41) is 5.55.